The van der Waals surface area contributed by atoms with Crippen molar-refractivity contribution in [1.82, 2.24) is 5.43 Å². The van der Waals surface area contributed by atoms with E-state index >= 15 is 0 Å². The fourth-order valence-corrected chi connectivity index (χ4v) is 2.57. The lowest BCUT2D eigenvalue weighted by Gasteiger charge is -2.10. The molecular formula is C17H18N3O3+. The van der Waals surface area contributed by atoms with Gasteiger partial charge in [-0.25, -0.2) is 0 Å². The zero-order valence-corrected chi connectivity index (χ0v) is 13.0. The lowest BCUT2D eigenvalue weighted by atomic mass is 10.1. The number of hydrogen-bond donors (Lipinski definition) is 2. The van der Waals surface area contributed by atoms with Gasteiger partial charge in [0.2, 0.25) is 0 Å². The number of hydrogen-bond acceptors (Lipinski definition) is 4. The van der Waals surface area contributed by atoms with Crippen LogP contribution in [-0.4, -0.2) is 30.6 Å². The number of carbonyl (C=O) groups is 1. The molecule has 118 valence electrons. The second-order valence-electron chi connectivity index (χ2n) is 5.14. The van der Waals surface area contributed by atoms with E-state index in [1.165, 1.54) is 7.11 Å². The first-order valence-corrected chi connectivity index (χ1v) is 7.15. The van der Waals surface area contributed by atoms with E-state index in [1.807, 2.05) is 24.3 Å². The smallest absolute Gasteiger partial charge is 0.299 e. The zero-order valence-electron chi connectivity index (χ0n) is 13.0. The maximum absolute atomic E-state index is 12.4. The van der Waals surface area contributed by atoms with Crippen molar-refractivity contribution >= 4 is 11.7 Å². The number of nitrogens with zero attached hydrogens (tertiary/aromatic N) is 1. The summed E-state index contributed by atoms with van der Waals surface area (Å²) in [5.41, 5.74) is 11.4. The van der Waals surface area contributed by atoms with Crippen LogP contribution < -0.4 is 20.6 Å². The Bertz CT molecular complexity index is 799. The zero-order chi connectivity index (χ0) is 16.4. The fraction of sp³-hybridized carbons (Fsp3) is 0.176. The van der Waals surface area contributed by atoms with E-state index in [2.05, 4.69) is 5.43 Å². The third-order valence-electron chi connectivity index (χ3n) is 3.79. The van der Waals surface area contributed by atoms with Gasteiger partial charge in [0.25, 0.3) is 11.7 Å². The van der Waals surface area contributed by atoms with Gasteiger partial charge in [0.15, 0.2) is 11.5 Å². The Morgan fingerprint density at radius 1 is 1.13 bits per heavy atom. The van der Waals surface area contributed by atoms with Gasteiger partial charge in [0.1, 0.15) is 6.54 Å². The molecule has 0 fully saturated rings. The molecule has 1 aliphatic rings. The molecule has 3 N–H and O–H groups in total. The van der Waals surface area contributed by atoms with E-state index in [9.17, 15) is 4.79 Å². The molecular weight excluding hydrogens is 294 g/mol. The SMILES string of the molecule is COc1ccc(C(=O)N[N+]2=C(N)c3ccccc3C2)cc1OC. The summed E-state index contributed by atoms with van der Waals surface area (Å²) >= 11 is 0. The highest BCUT2D eigenvalue weighted by Gasteiger charge is 2.26. The van der Waals surface area contributed by atoms with Crippen LogP contribution in [0.2, 0.25) is 0 Å². The van der Waals surface area contributed by atoms with Gasteiger partial charge in [-0.3, -0.25) is 10.5 Å². The van der Waals surface area contributed by atoms with Crippen LogP contribution in [0.1, 0.15) is 21.5 Å². The minimum atomic E-state index is -0.262. The minimum absolute atomic E-state index is 0.262. The summed E-state index contributed by atoms with van der Waals surface area (Å²) in [6.07, 6.45) is 0. The van der Waals surface area contributed by atoms with E-state index in [-0.39, 0.29) is 5.91 Å². The van der Waals surface area contributed by atoms with Crippen LogP contribution in [-0.2, 0) is 6.54 Å². The summed E-state index contributed by atoms with van der Waals surface area (Å²) in [5, 5.41) is 0. The Morgan fingerprint density at radius 3 is 2.57 bits per heavy atom. The lowest BCUT2D eigenvalue weighted by molar-refractivity contribution is -0.584. The third kappa shape index (κ3) is 2.70. The number of methoxy groups -OCH3 is 2. The third-order valence-corrected chi connectivity index (χ3v) is 3.79. The first kappa shape index (κ1) is 14.9. The molecule has 3 rings (SSSR count). The maximum Gasteiger partial charge on any atom is 0.299 e. The van der Waals surface area contributed by atoms with Crippen molar-refractivity contribution in [2.24, 2.45) is 5.73 Å². The van der Waals surface area contributed by atoms with Gasteiger partial charge in [-0.15, -0.1) is 0 Å². The van der Waals surface area contributed by atoms with E-state index < -0.39 is 0 Å². The highest BCUT2D eigenvalue weighted by atomic mass is 16.5. The van der Waals surface area contributed by atoms with Crippen LogP contribution in [0.25, 0.3) is 0 Å². The number of hydrazone groups is 1. The topological polar surface area (TPSA) is 76.6 Å². The number of amidine groups is 1. The Balaban J connectivity index is 1.82. The summed E-state index contributed by atoms with van der Waals surface area (Å²) in [7, 11) is 3.08. The number of amides is 1. The monoisotopic (exact) mass is 312 g/mol. The van der Waals surface area contributed by atoms with Crippen LogP contribution in [0.3, 0.4) is 0 Å². The molecule has 2 aromatic rings. The Labute approximate surface area is 134 Å². The first-order chi connectivity index (χ1) is 11.1. The van der Waals surface area contributed by atoms with Crippen molar-refractivity contribution in [3.63, 3.8) is 0 Å². The van der Waals surface area contributed by atoms with Crippen LogP contribution >= 0.6 is 0 Å². The van der Waals surface area contributed by atoms with Crippen LogP contribution in [0.4, 0.5) is 0 Å². The van der Waals surface area contributed by atoms with Crippen molar-refractivity contribution in [1.29, 1.82) is 0 Å². The number of carbonyl (C=O) groups excluding carboxylic acids is 1. The number of rotatable bonds is 4. The molecule has 2 aromatic carbocycles. The van der Waals surface area contributed by atoms with Crippen molar-refractivity contribution in [2.75, 3.05) is 14.2 Å². The predicted octanol–water partition coefficient (Wildman–Crippen LogP) is 1.28. The highest BCUT2D eigenvalue weighted by Crippen LogP contribution is 2.27. The van der Waals surface area contributed by atoms with Gasteiger partial charge in [-0.2, -0.15) is 10.1 Å². The predicted molar refractivity (Wildman–Crippen MR) is 85.7 cm³/mol. The van der Waals surface area contributed by atoms with Gasteiger partial charge < -0.3 is 9.47 Å². The van der Waals surface area contributed by atoms with Crippen LogP contribution in [0, 0.1) is 0 Å². The maximum atomic E-state index is 12.4. The summed E-state index contributed by atoms with van der Waals surface area (Å²) in [4.78, 5) is 12.4. The van der Waals surface area contributed by atoms with E-state index in [1.54, 1.807) is 30.0 Å². The minimum Gasteiger partial charge on any atom is -0.493 e. The molecule has 0 atom stereocenters. The molecule has 0 bridgehead atoms. The Hall–Kier alpha value is -3.02. The van der Waals surface area contributed by atoms with E-state index in [0.717, 1.165) is 11.1 Å². The van der Waals surface area contributed by atoms with Gasteiger partial charge >= 0.3 is 0 Å². The molecule has 0 radical (unpaired) electrons. The molecule has 0 unspecified atom stereocenters. The van der Waals surface area contributed by atoms with Crippen molar-refractivity contribution in [2.45, 2.75) is 6.54 Å². The van der Waals surface area contributed by atoms with Gasteiger partial charge in [-0.05, 0) is 24.3 Å². The molecule has 0 spiro atoms. The summed E-state index contributed by atoms with van der Waals surface area (Å²) in [5.74, 6) is 1.35. The molecule has 0 aromatic heterocycles. The normalized spacial score (nSPS) is 12.8. The average molecular weight is 312 g/mol. The second kappa shape index (κ2) is 6.00. The van der Waals surface area contributed by atoms with Gasteiger partial charge in [0, 0.05) is 11.1 Å². The number of nitrogens with two attached hydrogens (primary N) is 1. The average Bonchev–Trinajstić information content (AvgIpc) is 2.90. The largest absolute Gasteiger partial charge is 0.493 e. The van der Waals surface area contributed by atoms with E-state index in [4.69, 9.17) is 15.2 Å². The summed E-state index contributed by atoms with van der Waals surface area (Å²) < 4.78 is 12.0. The fourth-order valence-electron chi connectivity index (χ4n) is 2.57. The van der Waals surface area contributed by atoms with Gasteiger partial charge in [-0.1, -0.05) is 18.2 Å². The van der Waals surface area contributed by atoms with Crippen molar-refractivity contribution < 1.29 is 19.0 Å². The van der Waals surface area contributed by atoms with Gasteiger partial charge in [0.05, 0.1) is 19.8 Å². The number of fused-ring (bicyclic) bond motifs is 1. The second-order valence-corrected chi connectivity index (χ2v) is 5.14. The molecule has 1 aliphatic heterocycles. The molecule has 23 heavy (non-hydrogen) atoms. The van der Waals surface area contributed by atoms with Crippen LogP contribution in [0.5, 0.6) is 11.5 Å². The van der Waals surface area contributed by atoms with Crippen LogP contribution in [0.15, 0.2) is 42.5 Å². The number of nitrogens with one attached hydrogen (secondary N) is 1. The summed E-state index contributed by atoms with van der Waals surface area (Å²) in [6.45, 7) is 0.543. The molecule has 1 amide bonds. The Morgan fingerprint density at radius 2 is 1.87 bits per heavy atom. The molecule has 1 heterocycles. The quantitative estimate of drug-likeness (QED) is 0.834. The number of benzene rings is 2. The Kier molecular flexibility index (Phi) is 3.89. The molecule has 6 heteroatoms. The van der Waals surface area contributed by atoms with E-state index in [0.29, 0.717) is 29.4 Å². The molecule has 0 saturated heterocycles. The lowest BCUT2D eigenvalue weighted by Crippen LogP contribution is -2.38. The van der Waals surface area contributed by atoms with Crippen molar-refractivity contribution in [3.05, 3.63) is 59.2 Å². The molecule has 6 nitrogen and oxygen atoms in total. The number of hydrazine groups is 1. The highest BCUT2D eigenvalue weighted by molar-refractivity contribution is 5.98. The molecule has 0 saturated carbocycles. The van der Waals surface area contributed by atoms with Crippen molar-refractivity contribution in [3.8, 4) is 11.5 Å². The number of ether oxygens (including phenoxy) is 2. The first-order valence-electron chi connectivity index (χ1n) is 7.15. The standard InChI is InChI=1S/C17H17N3O3/c1-22-14-8-7-11(9-15(14)23-2)17(21)19-20-10-12-5-3-4-6-13(12)16(20)18/h3-9,18H,10H2,1-2H3,(H,19,21)/p+1. The summed E-state index contributed by atoms with van der Waals surface area (Å²) in [6, 6.07) is 12.8. The molecule has 0 aliphatic carbocycles.